The van der Waals surface area contributed by atoms with Crippen LogP contribution in [0.25, 0.3) is 0 Å². The lowest BCUT2D eigenvalue weighted by atomic mass is 10.3. The molecule has 56 valence electrons. The summed E-state index contributed by atoms with van der Waals surface area (Å²) in [5.41, 5.74) is 1.04. The molecular weight excluding hydrogens is 154 g/mol. The van der Waals surface area contributed by atoms with E-state index in [-0.39, 0.29) is 18.1 Å². The van der Waals surface area contributed by atoms with Crippen LogP contribution in [0.2, 0.25) is 0 Å². The van der Waals surface area contributed by atoms with Gasteiger partial charge in [0.15, 0.2) is 0 Å². The van der Waals surface area contributed by atoms with Gasteiger partial charge in [-0.3, -0.25) is 0 Å². The molecule has 1 aromatic rings. The van der Waals surface area contributed by atoms with Crippen LogP contribution in [0.15, 0.2) is 12.3 Å². The highest BCUT2D eigenvalue weighted by Gasteiger charge is 2.05. The second-order valence-electron chi connectivity index (χ2n) is 1.84. The van der Waals surface area contributed by atoms with Crippen LogP contribution in [-0.2, 0) is 0 Å². The van der Waals surface area contributed by atoms with Crippen LogP contribution in [0.3, 0.4) is 0 Å². The van der Waals surface area contributed by atoms with E-state index in [9.17, 15) is 4.79 Å². The largest absolute Gasteiger partial charge is 0.477 e. The first-order valence-corrected chi connectivity index (χ1v) is 2.59. The average Bonchev–Trinajstić information content (AvgIpc) is 2.13. The number of aromatic nitrogens is 1. The van der Waals surface area contributed by atoms with Crippen LogP contribution in [0, 0.1) is 6.92 Å². The number of aromatic carboxylic acids is 1. The number of carboxylic acid groups (broad SMARTS) is 1. The molecule has 0 aliphatic carbocycles. The number of rotatable bonds is 1. The summed E-state index contributed by atoms with van der Waals surface area (Å²) < 4.78 is 0. The zero-order valence-corrected chi connectivity index (χ0v) is 6.23. The van der Waals surface area contributed by atoms with Gasteiger partial charge < -0.3 is 10.1 Å². The fraction of sp³-hybridized carbons (Fsp3) is 0.167. The minimum absolute atomic E-state index is 0. The Hall–Kier alpha value is -0.960. The average molecular weight is 162 g/mol. The molecule has 10 heavy (non-hydrogen) atoms. The molecule has 0 saturated heterocycles. The van der Waals surface area contributed by atoms with Crippen molar-refractivity contribution >= 4 is 18.4 Å². The van der Waals surface area contributed by atoms with Gasteiger partial charge in [-0.2, -0.15) is 0 Å². The first kappa shape index (κ1) is 9.04. The lowest BCUT2D eigenvalue weighted by Gasteiger charge is -1.87. The Morgan fingerprint density at radius 1 is 1.70 bits per heavy atom. The van der Waals surface area contributed by atoms with Gasteiger partial charge in [-0.05, 0) is 18.6 Å². The maximum atomic E-state index is 10.3. The lowest BCUT2D eigenvalue weighted by molar-refractivity contribution is 0.0690. The highest BCUT2D eigenvalue weighted by atomic mass is 35.5. The molecule has 0 fully saturated rings. The van der Waals surface area contributed by atoms with Crippen LogP contribution in [-0.4, -0.2) is 16.1 Å². The maximum absolute atomic E-state index is 10.3. The standard InChI is InChI=1S/C6H7NO2.ClH/c1-4-2-3-7-5(4)6(8)9;/h2-3,7H,1H3,(H,8,9);1H. The molecule has 0 aliphatic heterocycles. The minimum Gasteiger partial charge on any atom is -0.477 e. The number of halogens is 1. The Balaban J connectivity index is 0.000000810. The van der Waals surface area contributed by atoms with Crippen molar-refractivity contribution in [1.82, 2.24) is 4.98 Å². The molecular formula is C6H8ClNO2. The van der Waals surface area contributed by atoms with E-state index < -0.39 is 5.97 Å². The Morgan fingerprint density at radius 2 is 2.30 bits per heavy atom. The summed E-state index contributed by atoms with van der Waals surface area (Å²) in [5.74, 6) is -0.905. The second kappa shape index (κ2) is 3.27. The fourth-order valence-corrected chi connectivity index (χ4v) is 0.678. The summed E-state index contributed by atoms with van der Waals surface area (Å²) in [6, 6.07) is 1.73. The topological polar surface area (TPSA) is 53.1 Å². The summed E-state index contributed by atoms with van der Waals surface area (Å²) in [4.78, 5) is 12.9. The Kier molecular flexibility index (Phi) is 2.96. The quantitative estimate of drug-likeness (QED) is 0.655. The van der Waals surface area contributed by atoms with Crippen LogP contribution >= 0.6 is 12.4 Å². The number of H-pyrrole nitrogens is 1. The van der Waals surface area contributed by atoms with Gasteiger partial charge in [0.05, 0.1) is 0 Å². The van der Waals surface area contributed by atoms with E-state index in [0.717, 1.165) is 5.56 Å². The molecule has 0 atom stereocenters. The molecule has 0 radical (unpaired) electrons. The number of hydrogen-bond acceptors (Lipinski definition) is 1. The predicted octanol–water partition coefficient (Wildman–Crippen LogP) is 1.44. The third-order valence-electron chi connectivity index (χ3n) is 1.17. The van der Waals surface area contributed by atoms with Gasteiger partial charge in [-0.15, -0.1) is 12.4 Å². The maximum Gasteiger partial charge on any atom is 0.352 e. The summed E-state index contributed by atoms with van der Waals surface area (Å²) in [7, 11) is 0. The summed E-state index contributed by atoms with van der Waals surface area (Å²) >= 11 is 0. The molecule has 0 spiro atoms. The number of carboxylic acids is 1. The van der Waals surface area contributed by atoms with E-state index >= 15 is 0 Å². The van der Waals surface area contributed by atoms with Gasteiger partial charge in [-0.25, -0.2) is 4.79 Å². The molecule has 0 bridgehead atoms. The van der Waals surface area contributed by atoms with Crippen molar-refractivity contribution in [2.75, 3.05) is 0 Å². The van der Waals surface area contributed by atoms with Crippen molar-refractivity contribution in [2.24, 2.45) is 0 Å². The van der Waals surface area contributed by atoms with Crippen molar-refractivity contribution < 1.29 is 9.90 Å². The van der Waals surface area contributed by atoms with Gasteiger partial charge in [0.25, 0.3) is 0 Å². The van der Waals surface area contributed by atoms with Gasteiger partial charge in [-0.1, -0.05) is 0 Å². The Labute approximate surface area is 64.5 Å². The third-order valence-corrected chi connectivity index (χ3v) is 1.17. The molecule has 0 unspecified atom stereocenters. The normalized spacial score (nSPS) is 8.50. The zero-order chi connectivity index (χ0) is 6.85. The van der Waals surface area contributed by atoms with E-state index in [1.807, 2.05) is 0 Å². The molecule has 3 nitrogen and oxygen atoms in total. The highest BCUT2D eigenvalue weighted by Crippen LogP contribution is 2.02. The molecule has 0 amide bonds. The highest BCUT2D eigenvalue weighted by molar-refractivity contribution is 5.87. The molecule has 0 saturated carbocycles. The SMILES string of the molecule is Cc1cc[nH]c1C(=O)O.Cl. The zero-order valence-electron chi connectivity index (χ0n) is 5.42. The number of nitrogens with one attached hydrogen (secondary N) is 1. The lowest BCUT2D eigenvalue weighted by Crippen LogP contribution is -1.97. The summed E-state index contributed by atoms with van der Waals surface area (Å²) in [6.07, 6.45) is 1.61. The Bertz CT molecular complexity index is 231. The van der Waals surface area contributed by atoms with E-state index in [2.05, 4.69) is 4.98 Å². The second-order valence-corrected chi connectivity index (χ2v) is 1.84. The smallest absolute Gasteiger partial charge is 0.352 e. The van der Waals surface area contributed by atoms with E-state index in [4.69, 9.17) is 5.11 Å². The van der Waals surface area contributed by atoms with Crippen LogP contribution in [0.4, 0.5) is 0 Å². The molecule has 0 aliphatic rings. The van der Waals surface area contributed by atoms with Gasteiger partial charge in [0.2, 0.25) is 0 Å². The number of carbonyl (C=O) groups is 1. The van der Waals surface area contributed by atoms with Gasteiger partial charge >= 0.3 is 5.97 Å². The van der Waals surface area contributed by atoms with E-state index in [1.54, 1.807) is 19.2 Å². The van der Waals surface area contributed by atoms with E-state index in [1.165, 1.54) is 0 Å². The first-order chi connectivity index (χ1) is 4.22. The molecule has 1 aromatic heterocycles. The molecule has 1 rings (SSSR count). The van der Waals surface area contributed by atoms with Crippen molar-refractivity contribution in [1.29, 1.82) is 0 Å². The Morgan fingerprint density at radius 3 is 2.50 bits per heavy atom. The number of hydrogen-bond donors (Lipinski definition) is 2. The van der Waals surface area contributed by atoms with Gasteiger partial charge in [0, 0.05) is 6.20 Å². The van der Waals surface area contributed by atoms with Crippen molar-refractivity contribution in [3.8, 4) is 0 Å². The summed E-state index contributed by atoms with van der Waals surface area (Å²) in [6.45, 7) is 1.75. The monoisotopic (exact) mass is 161 g/mol. The van der Waals surface area contributed by atoms with Crippen molar-refractivity contribution in [3.05, 3.63) is 23.5 Å². The fourth-order valence-electron chi connectivity index (χ4n) is 0.678. The molecule has 4 heteroatoms. The molecule has 0 aromatic carbocycles. The van der Waals surface area contributed by atoms with Crippen LogP contribution in [0.1, 0.15) is 16.1 Å². The predicted molar refractivity (Wildman–Crippen MR) is 39.7 cm³/mol. The van der Waals surface area contributed by atoms with Crippen LogP contribution in [0.5, 0.6) is 0 Å². The number of aromatic amines is 1. The minimum atomic E-state index is -0.905. The van der Waals surface area contributed by atoms with Gasteiger partial charge in [0.1, 0.15) is 5.69 Å². The van der Waals surface area contributed by atoms with Crippen LogP contribution < -0.4 is 0 Å². The van der Waals surface area contributed by atoms with E-state index in [0.29, 0.717) is 0 Å². The molecule has 2 N–H and O–H groups in total. The summed E-state index contributed by atoms with van der Waals surface area (Å²) in [5, 5.41) is 8.42. The van der Waals surface area contributed by atoms with Crippen molar-refractivity contribution in [3.63, 3.8) is 0 Å². The third kappa shape index (κ3) is 1.51. The first-order valence-electron chi connectivity index (χ1n) is 2.59. The number of aryl methyl sites for hydroxylation is 1. The van der Waals surface area contributed by atoms with Crippen molar-refractivity contribution in [2.45, 2.75) is 6.92 Å². The molecule has 1 heterocycles.